The first-order chi connectivity index (χ1) is 12.3. The topological polar surface area (TPSA) is 92.7 Å². The van der Waals surface area contributed by atoms with Crippen molar-refractivity contribution in [3.63, 3.8) is 0 Å². The maximum atomic E-state index is 12.2. The highest BCUT2D eigenvalue weighted by Crippen LogP contribution is 2.22. The molecule has 0 radical (unpaired) electrons. The Morgan fingerprint density at radius 3 is 2.42 bits per heavy atom. The molecular weight excluding hydrogens is 358 g/mol. The van der Waals surface area contributed by atoms with Gasteiger partial charge in [-0.3, -0.25) is 4.79 Å². The number of esters is 1. The molecule has 6 nitrogen and oxygen atoms in total. The van der Waals surface area contributed by atoms with Gasteiger partial charge in [0.15, 0.2) is 0 Å². The molecule has 0 heterocycles. The van der Waals surface area contributed by atoms with Crippen LogP contribution in [0.4, 0.5) is 5.69 Å². The second-order valence-electron chi connectivity index (χ2n) is 5.84. The lowest BCUT2D eigenvalue weighted by atomic mass is 10.0. The van der Waals surface area contributed by atoms with Crippen LogP contribution < -0.4 is 5.32 Å². The first kappa shape index (κ1) is 19.5. The Kier molecular flexibility index (Phi) is 6.36. The summed E-state index contributed by atoms with van der Waals surface area (Å²) in [7, 11) is 0. The van der Waals surface area contributed by atoms with Gasteiger partial charge >= 0.3 is 11.9 Å². The maximum absolute atomic E-state index is 12.2. The summed E-state index contributed by atoms with van der Waals surface area (Å²) in [4.78, 5) is 35.3. The summed E-state index contributed by atoms with van der Waals surface area (Å²) >= 11 is 6.09. The minimum atomic E-state index is -1.09. The van der Waals surface area contributed by atoms with Crippen LogP contribution >= 0.6 is 11.6 Å². The van der Waals surface area contributed by atoms with Gasteiger partial charge in [-0.25, -0.2) is 9.59 Å². The Balaban J connectivity index is 2.09. The quantitative estimate of drug-likeness (QED) is 0.749. The number of nitrogens with one attached hydrogen (secondary N) is 1. The molecule has 2 aromatic carbocycles. The van der Waals surface area contributed by atoms with Gasteiger partial charge in [-0.1, -0.05) is 29.8 Å². The molecule has 136 valence electrons. The number of halogens is 1. The Labute approximate surface area is 155 Å². The average Bonchev–Trinajstić information content (AvgIpc) is 2.54. The molecule has 1 amide bonds. The fourth-order valence-electron chi connectivity index (χ4n) is 2.30. The van der Waals surface area contributed by atoms with E-state index in [1.165, 1.54) is 24.3 Å². The number of anilines is 1. The van der Waals surface area contributed by atoms with Crippen LogP contribution in [0.5, 0.6) is 0 Å². The van der Waals surface area contributed by atoms with Crippen molar-refractivity contribution in [2.24, 2.45) is 0 Å². The van der Waals surface area contributed by atoms with Gasteiger partial charge in [-0.15, -0.1) is 0 Å². The van der Waals surface area contributed by atoms with E-state index in [1.807, 2.05) is 0 Å². The maximum Gasteiger partial charge on any atom is 0.339 e. The highest BCUT2D eigenvalue weighted by Gasteiger charge is 2.16. The van der Waals surface area contributed by atoms with Gasteiger partial charge in [-0.2, -0.15) is 0 Å². The highest BCUT2D eigenvalue weighted by molar-refractivity contribution is 6.34. The number of hydrogen-bond donors (Lipinski definition) is 2. The van der Waals surface area contributed by atoms with Gasteiger partial charge in [-0.05, 0) is 43.7 Å². The van der Waals surface area contributed by atoms with Crippen molar-refractivity contribution in [3.05, 3.63) is 64.2 Å². The molecule has 0 aromatic heterocycles. The molecule has 0 aliphatic rings. The van der Waals surface area contributed by atoms with Crippen molar-refractivity contribution < 1.29 is 24.2 Å². The van der Waals surface area contributed by atoms with Gasteiger partial charge in [0.25, 0.3) is 0 Å². The first-order valence-electron chi connectivity index (χ1n) is 7.89. The van der Waals surface area contributed by atoms with E-state index in [2.05, 4.69) is 5.32 Å². The van der Waals surface area contributed by atoms with Crippen LogP contribution in [0.15, 0.2) is 42.5 Å². The Morgan fingerprint density at radius 1 is 1.12 bits per heavy atom. The fourth-order valence-corrected chi connectivity index (χ4v) is 2.55. The van der Waals surface area contributed by atoms with Crippen LogP contribution in [0.1, 0.15) is 40.1 Å². The predicted octanol–water partition coefficient (Wildman–Crippen LogP) is 3.78. The number of hydrogen-bond acceptors (Lipinski definition) is 4. The number of carbonyl (C=O) groups is 3. The van der Waals surface area contributed by atoms with Crippen molar-refractivity contribution in [1.29, 1.82) is 0 Å². The summed E-state index contributed by atoms with van der Waals surface area (Å²) in [6.45, 7) is 3.46. The third-order valence-corrected chi connectivity index (χ3v) is 3.73. The summed E-state index contributed by atoms with van der Waals surface area (Å²) in [6, 6.07) is 10.7. The van der Waals surface area contributed by atoms with Crippen LogP contribution in [0.2, 0.25) is 5.02 Å². The van der Waals surface area contributed by atoms with Crippen molar-refractivity contribution in [2.45, 2.75) is 26.4 Å². The van der Waals surface area contributed by atoms with Crippen LogP contribution in [-0.2, 0) is 16.0 Å². The molecule has 0 spiro atoms. The third kappa shape index (κ3) is 5.07. The van der Waals surface area contributed by atoms with E-state index >= 15 is 0 Å². The van der Waals surface area contributed by atoms with E-state index in [0.29, 0.717) is 11.3 Å². The predicted molar refractivity (Wildman–Crippen MR) is 97.7 cm³/mol. The summed E-state index contributed by atoms with van der Waals surface area (Å²) in [5, 5.41) is 11.9. The van der Waals surface area contributed by atoms with Crippen LogP contribution in [0, 0.1) is 0 Å². The average molecular weight is 376 g/mol. The second kappa shape index (κ2) is 8.49. The minimum absolute atomic E-state index is 0.0764. The zero-order chi connectivity index (χ0) is 19.3. The second-order valence-corrected chi connectivity index (χ2v) is 6.24. The zero-order valence-electron chi connectivity index (χ0n) is 14.3. The summed E-state index contributed by atoms with van der Waals surface area (Å²) in [5.74, 6) is -2.03. The molecule has 0 fully saturated rings. The molecule has 0 atom stereocenters. The summed E-state index contributed by atoms with van der Waals surface area (Å²) in [5.41, 5.74) is 1.08. The zero-order valence-corrected chi connectivity index (χ0v) is 15.0. The number of carboxylic acids is 1. The van der Waals surface area contributed by atoms with Crippen molar-refractivity contribution in [2.75, 3.05) is 5.32 Å². The number of carboxylic acid groups (broad SMARTS) is 1. The minimum Gasteiger partial charge on any atom is -0.478 e. The molecule has 7 heteroatoms. The Hall–Kier alpha value is -2.86. The number of carbonyl (C=O) groups excluding carboxylic acids is 2. The van der Waals surface area contributed by atoms with Crippen molar-refractivity contribution in [1.82, 2.24) is 0 Å². The van der Waals surface area contributed by atoms with E-state index in [-0.39, 0.29) is 28.7 Å². The Morgan fingerprint density at radius 2 is 1.81 bits per heavy atom. The van der Waals surface area contributed by atoms with Gasteiger partial charge in [0.05, 0.1) is 28.7 Å². The molecule has 0 aliphatic heterocycles. The molecule has 2 rings (SSSR count). The molecule has 0 aliphatic carbocycles. The lowest BCUT2D eigenvalue weighted by Crippen LogP contribution is -2.17. The van der Waals surface area contributed by atoms with E-state index in [4.69, 9.17) is 21.4 Å². The van der Waals surface area contributed by atoms with Crippen molar-refractivity contribution in [3.8, 4) is 0 Å². The largest absolute Gasteiger partial charge is 0.478 e. The standard InChI is InChI=1S/C19H18ClNO5/c1-11(2)26-19(25)15-8-7-13(10-16(15)20)21-17(22)9-12-5-3-4-6-14(12)18(23)24/h3-8,10-11H,9H2,1-2H3,(H,21,22)(H,23,24). The number of amides is 1. The first-order valence-corrected chi connectivity index (χ1v) is 8.27. The monoisotopic (exact) mass is 375 g/mol. The smallest absolute Gasteiger partial charge is 0.339 e. The van der Waals surface area contributed by atoms with Gasteiger partial charge < -0.3 is 15.2 Å². The molecule has 0 unspecified atom stereocenters. The van der Waals surface area contributed by atoms with Gasteiger partial charge in [0.2, 0.25) is 5.91 Å². The van der Waals surface area contributed by atoms with Gasteiger partial charge in [0.1, 0.15) is 0 Å². The van der Waals surface area contributed by atoms with E-state index in [0.717, 1.165) is 0 Å². The van der Waals surface area contributed by atoms with E-state index < -0.39 is 17.8 Å². The molecule has 0 saturated carbocycles. The molecular formula is C19H18ClNO5. The lowest BCUT2D eigenvalue weighted by molar-refractivity contribution is -0.115. The number of ether oxygens (including phenoxy) is 1. The van der Waals surface area contributed by atoms with Crippen LogP contribution in [0.25, 0.3) is 0 Å². The molecule has 0 bridgehead atoms. The summed E-state index contributed by atoms with van der Waals surface area (Å²) < 4.78 is 5.09. The highest BCUT2D eigenvalue weighted by atomic mass is 35.5. The van der Waals surface area contributed by atoms with Crippen molar-refractivity contribution >= 4 is 35.1 Å². The number of aromatic carboxylic acids is 1. The molecule has 0 saturated heterocycles. The summed E-state index contributed by atoms with van der Waals surface area (Å²) in [6.07, 6.45) is -0.371. The van der Waals surface area contributed by atoms with E-state index in [9.17, 15) is 14.4 Å². The van der Waals surface area contributed by atoms with Crippen LogP contribution in [0.3, 0.4) is 0 Å². The van der Waals surface area contributed by atoms with E-state index in [1.54, 1.807) is 32.0 Å². The van der Waals surface area contributed by atoms with Gasteiger partial charge in [0, 0.05) is 5.69 Å². The third-order valence-electron chi connectivity index (χ3n) is 3.41. The molecule has 26 heavy (non-hydrogen) atoms. The number of rotatable bonds is 6. The fraction of sp³-hybridized carbons (Fsp3) is 0.211. The normalized spacial score (nSPS) is 10.5. The molecule has 2 aromatic rings. The molecule has 2 N–H and O–H groups in total. The van der Waals surface area contributed by atoms with Crippen LogP contribution in [-0.4, -0.2) is 29.1 Å². The Bertz CT molecular complexity index is 848. The number of benzene rings is 2. The SMILES string of the molecule is CC(C)OC(=O)c1ccc(NC(=O)Cc2ccccc2C(=O)O)cc1Cl. The lowest BCUT2D eigenvalue weighted by Gasteiger charge is -2.11.